The van der Waals surface area contributed by atoms with E-state index < -0.39 is 5.82 Å². The highest BCUT2D eigenvalue weighted by molar-refractivity contribution is 8.01. The standard InChI is InChI=1S/C18H17FN2O2S/c19-16-6-2-1-5-15(16)17(22)21-11-18(12-21)8-14(10-24-18)23-13-4-3-7-20-9-13/h1-7,9,14H,8,10-12H2/t14-/m0/s1. The largest absolute Gasteiger partial charge is 0.488 e. The van der Waals surface area contributed by atoms with E-state index in [4.69, 9.17) is 4.74 Å². The van der Waals surface area contributed by atoms with Gasteiger partial charge in [0.25, 0.3) is 5.91 Å². The molecule has 2 aliphatic heterocycles. The number of pyridine rings is 1. The van der Waals surface area contributed by atoms with Gasteiger partial charge in [0.15, 0.2) is 0 Å². The summed E-state index contributed by atoms with van der Waals surface area (Å²) >= 11 is 1.85. The molecule has 0 bridgehead atoms. The van der Waals surface area contributed by atoms with Crippen LogP contribution in [0.25, 0.3) is 0 Å². The van der Waals surface area contributed by atoms with Gasteiger partial charge in [0.1, 0.15) is 17.7 Å². The maximum absolute atomic E-state index is 13.8. The highest BCUT2D eigenvalue weighted by Crippen LogP contribution is 2.46. The van der Waals surface area contributed by atoms with E-state index >= 15 is 0 Å². The molecule has 0 aliphatic carbocycles. The van der Waals surface area contributed by atoms with Gasteiger partial charge in [-0.25, -0.2) is 4.39 Å². The number of carbonyl (C=O) groups is 1. The zero-order valence-corrected chi connectivity index (χ0v) is 13.8. The van der Waals surface area contributed by atoms with Gasteiger partial charge in [-0.05, 0) is 24.3 Å². The molecule has 2 aromatic rings. The fourth-order valence-corrected chi connectivity index (χ4v) is 4.83. The Morgan fingerprint density at radius 3 is 2.88 bits per heavy atom. The summed E-state index contributed by atoms with van der Waals surface area (Å²) in [6.07, 6.45) is 4.46. The van der Waals surface area contributed by atoms with E-state index in [2.05, 4.69) is 4.98 Å². The number of likely N-dealkylation sites (tertiary alicyclic amines) is 1. The van der Waals surface area contributed by atoms with Gasteiger partial charge in [-0.15, -0.1) is 11.8 Å². The lowest BCUT2D eigenvalue weighted by molar-refractivity contribution is 0.0513. The second kappa shape index (κ2) is 6.09. The number of aromatic nitrogens is 1. The van der Waals surface area contributed by atoms with Crippen LogP contribution in [0, 0.1) is 5.82 Å². The van der Waals surface area contributed by atoms with E-state index in [9.17, 15) is 9.18 Å². The Balaban J connectivity index is 1.36. The smallest absolute Gasteiger partial charge is 0.256 e. The molecule has 0 saturated carbocycles. The molecule has 2 fully saturated rings. The Kier molecular flexibility index (Phi) is 3.92. The van der Waals surface area contributed by atoms with Crippen molar-refractivity contribution in [2.75, 3.05) is 18.8 Å². The van der Waals surface area contributed by atoms with Crippen molar-refractivity contribution in [1.29, 1.82) is 0 Å². The monoisotopic (exact) mass is 344 g/mol. The minimum atomic E-state index is -0.458. The van der Waals surface area contributed by atoms with Crippen molar-refractivity contribution < 1.29 is 13.9 Å². The van der Waals surface area contributed by atoms with Crippen molar-refractivity contribution in [3.63, 3.8) is 0 Å². The van der Waals surface area contributed by atoms with Crippen molar-refractivity contribution in [3.05, 3.63) is 60.2 Å². The SMILES string of the molecule is O=C(c1ccccc1F)N1CC2(C[C@H](Oc3cccnc3)CS2)C1. The highest BCUT2D eigenvalue weighted by Gasteiger charge is 2.51. The van der Waals surface area contributed by atoms with Gasteiger partial charge in [0.05, 0.1) is 16.5 Å². The maximum Gasteiger partial charge on any atom is 0.256 e. The Morgan fingerprint density at radius 2 is 2.12 bits per heavy atom. The van der Waals surface area contributed by atoms with Crippen molar-refractivity contribution in [2.24, 2.45) is 0 Å². The Morgan fingerprint density at radius 1 is 1.29 bits per heavy atom. The van der Waals surface area contributed by atoms with Crippen LogP contribution in [0.3, 0.4) is 0 Å². The number of amides is 1. The number of ether oxygens (including phenoxy) is 1. The lowest BCUT2D eigenvalue weighted by atomic mass is 9.92. The molecule has 4 nitrogen and oxygen atoms in total. The third-order valence-corrected chi connectivity index (χ3v) is 6.04. The highest BCUT2D eigenvalue weighted by atomic mass is 32.2. The molecule has 0 N–H and O–H groups in total. The molecular weight excluding hydrogens is 327 g/mol. The van der Waals surface area contributed by atoms with Crippen molar-refractivity contribution >= 4 is 17.7 Å². The summed E-state index contributed by atoms with van der Waals surface area (Å²) in [5.41, 5.74) is 0.151. The summed E-state index contributed by atoms with van der Waals surface area (Å²) in [6.45, 7) is 1.30. The molecule has 1 atom stereocenters. The van der Waals surface area contributed by atoms with Gasteiger partial charge in [0.2, 0.25) is 0 Å². The molecule has 1 aromatic carbocycles. The number of rotatable bonds is 3. The first kappa shape index (κ1) is 15.4. The predicted molar refractivity (Wildman–Crippen MR) is 90.8 cm³/mol. The summed E-state index contributed by atoms with van der Waals surface area (Å²) in [5, 5.41) is 0. The van der Waals surface area contributed by atoms with E-state index in [1.54, 1.807) is 35.5 Å². The molecule has 1 aromatic heterocycles. The minimum Gasteiger partial charge on any atom is -0.488 e. The Hall–Kier alpha value is -2.08. The molecule has 3 heterocycles. The van der Waals surface area contributed by atoms with E-state index in [0.29, 0.717) is 13.1 Å². The van der Waals surface area contributed by atoms with Gasteiger partial charge in [-0.3, -0.25) is 9.78 Å². The van der Waals surface area contributed by atoms with Gasteiger partial charge in [-0.2, -0.15) is 0 Å². The first-order valence-electron chi connectivity index (χ1n) is 7.90. The summed E-state index contributed by atoms with van der Waals surface area (Å²) in [7, 11) is 0. The fourth-order valence-electron chi connectivity index (χ4n) is 3.31. The number of hydrogen-bond donors (Lipinski definition) is 0. The first-order chi connectivity index (χ1) is 11.7. The lowest BCUT2D eigenvalue weighted by Gasteiger charge is -2.47. The lowest BCUT2D eigenvalue weighted by Crippen LogP contribution is -2.60. The number of nitrogens with zero attached hydrogens (tertiary/aromatic N) is 2. The quantitative estimate of drug-likeness (QED) is 0.858. The van der Waals surface area contributed by atoms with E-state index in [1.165, 1.54) is 6.07 Å². The van der Waals surface area contributed by atoms with Gasteiger partial charge >= 0.3 is 0 Å². The average Bonchev–Trinajstić information content (AvgIpc) is 2.98. The average molecular weight is 344 g/mol. The third-order valence-electron chi connectivity index (χ3n) is 4.46. The minimum absolute atomic E-state index is 0.0494. The molecule has 2 saturated heterocycles. The zero-order chi connectivity index (χ0) is 16.6. The zero-order valence-electron chi connectivity index (χ0n) is 13.0. The maximum atomic E-state index is 13.8. The molecule has 24 heavy (non-hydrogen) atoms. The van der Waals surface area contributed by atoms with Crippen LogP contribution in [0.15, 0.2) is 48.8 Å². The van der Waals surface area contributed by atoms with Crippen LogP contribution in [0.2, 0.25) is 0 Å². The molecule has 0 radical (unpaired) electrons. The van der Waals surface area contributed by atoms with Crippen LogP contribution in [-0.2, 0) is 0 Å². The van der Waals surface area contributed by atoms with Crippen LogP contribution in [0.1, 0.15) is 16.8 Å². The van der Waals surface area contributed by atoms with Gasteiger partial charge in [-0.1, -0.05) is 12.1 Å². The third kappa shape index (κ3) is 2.86. The number of hydrogen-bond acceptors (Lipinski definition) is 4. The van der Waals surface area contributed by atoms with E-state index in [1.807, 2.05) is 23.9 Å². The normalized spacial score (nSPS) is 21.5. The number of benzene rings is 1. The number of carbonyl (C=O) groups excluding carboxylic acids is 1. The second-order valence-electron chi connectivity index (χ2n) is 6.27. The van der Waals surface area contributed by atoms with E-state index in [0.717, 1.165) is 17.9 Å². The van der Waals surface area contributed by atoms with Gasteiger partial charge < -0.3 is 9.64 Å². The summed E-state index contributed by atoms with van der Waals surface area (Å²) in [5.74, 6) is 0.992. The number of thioether (sulfide) groups is 1. The predicted octanol–water partition coefficient (Wildman–Crippen LogP) is 3.00. The number of halogens is 1. The Bertz CT molecular complexity index is 750. The summed E-state index contributed by atoms with van der Waals surface area (Å²) in [6, 6.07) is 9.90. The van der Waals surface area contributed by atoms with Crippen molar-refractivity contribution in [2.45, 2.75) is 17.3 Å². The molecule has 4 rings (SSSR count). The molecule has 0 unspecified atom stereocenters. The van der Waals surface area contributed by atoms with Crippen LogP contribution >= 0.6 is 11.8 Å². The van der Waals surface area contributed by atoms with Gasteiger partial charge in [0, 0.05) is 31.5 Å². The van der Waals surface area contributed by atoms with Crippen LogP contribution in [-0.4, -0.2) is 45.5 Å². The molecular formula is C18H17FN2O2S. The molecule has 1 amide bonds. The van der Waals surface area contributed by atoms with Crippen LogP contribution < -0.4 is 4.74 Å². The molecule has 6 heteroatoms. The molecule has 2 aliphatic rings. The summed E-state index contributed by atoms with van der Waals surface area (Å²) in [4.78, 5) is 18.2. The van der Waals surface area contributed by atoms with Crippen LogP contribution in [0.5, 0.6) is 5.75 Å². The topological polar surface area (TPSA) is 42.4 Å². The second-order valence-corrected chi connectivity index (χ2v) is 7.76. The summed E-state index contributed by atoms with van der Waals surface area (Å²) < 4.78 is 19.8. The first-order valence-corrected chi connectivity index (χ1v) is 8.88. The fraction of sp³-hybridized carbons (Fsp3) is 0.333. The Labute approximate surface area is 144 Å². The van der Waals surface area contributed by atoms with E-state index in [-0.39, 0.29) is 22.3 Å². The van der Waals surface area contributed by atoms with Crippen molar-refractivity contribution in [3.8, 4) is 5.75 Å². The molecule has 1 spiro atoms. The van der Waals surface area contributed by atoms with Crippen molar-refractivity contribution in [1.82, 2.24) is 9.88 Å². The molecule has 124 valence electrons. The van der Waals surface area contributed by atoms with Crippen LogP contribution in [0.4, 0.5) is 4.39 Å².